The molecular weight excluding hydrogens is 213 g/mol. The fourth-order valence-corrected chi connectivity index (χ4v) is 1.78. The molecule has 1 aliphatic rings. The Labute approximate surface area is 91.6 Å². The Morgan fingerprint density at radius 1 is 1.44 bits per heavy atom. The number of ether oxygens (including phenoxy) is 1. The van der Waals surface area contributed by atoms with Crippen molar-refractivity contribution < 1.29 is 18.7 Å². The third-order valence-electron chi connectivity index (χ3n) is 2.59. The predicted molar refractivity (Wildman–Crippen MR) is 54.5 cm³/mol. The number of nitrogens with zero attached hydrogens (tertiary/aromatic N) is 1. The molecule has 5 heteroatoms. The summed E-state index contributed by atoms with van der Waals surface area (Å²) < 4.78 is 18.3. The van der Waals surface area contributed by atoms with Gasteiger partial charge in [0.1, 0.15) is 18.1 Å². The van der Waals surface area contributed by atoms with Gasteiger partial charge in [0.05, 0.1) is 5.69 Å². The van der Waals surface area contributed by atoms with Gasteiger partial charge in [-0.15, -0.1) is 0 Å². The van der Waals surface area contributed by atoms with Gasteiger partial charge in [0.2, 0.25) is 0 Å². The van der Waals surface area contributed by atoms with Gasteiger partial charge in [-0.1, -0.05) is 12.1 Å². The molecule has 0 radical (unpaired) electrons. The zero-order chi connectivity index (χ0) is 11.7. The number of methoxy groups -OCH3 is 1. The van der Waals surface area contributed by atoms with Crippen LogP contribution >= 0.6 is 0 Å². The summed E-state index contributed by atoms with van der Waals surface area (Å²) in [6, 6.07) is 5.08. The van der Waals surface area contributed by atoms with Gasteiger partial charge in [0, 0.05) is 7.11 Å². The van der Waals surface area contributed by atoms with Crippen molar-refractivity contribution in [2.75, 3.05) is 12.0 Å². The Bertz CT molecular complexity index is 435. The number of carbonyl (C=O) groups is 2. The van der Waals surface area contributed by atoms with E-state index in [9.17, 15) is 14.0 Å². The number of halogens is 1. The van der Waals surface area contributed by atoms with Crippen LogP contribution < -0.4 is 4.90 Å². The highest BCUT2D eigenvalue weighted by Gasteiger charge is 2.49. The number of hydrogen-bond acceptors (Lipinski definition) is 3. The number of amides is 1. The molecule has 84 valence electrons. The number of aldehydes is 1. The Morgan fingerprint density at radius 2 is 2.12 bits per heavy atom. The monoisotopic (exact) mass is 223 g/mol. The Hall–Kier alpha value is -1.75. The minimum atomic E-state index is -0.794. The SMILES string of the molecule is CO[C@@H]1C(=O)N(c2ccccc2F)[C@H]1C=O. The van der Waals surface area contributed by atoms with E-state index in [4.69, 9.17) is 4.74 Å². The Balaban J connectivity index is 2.33. The average Bonchev–Trinajstić information content (AvgIpc) is 2.29. The first-order valence-corrected chi connectivity index (χ1v) is 4.76. The van der Waals surface area contributed by atoms with E-state index < -0.39 is 23.9 Å². The topological polar surface area (TPSA) is 46.6 Å². The van der Waals surface area contributed by atoms with E-state index in [-0.39, 0.29) is 5.69 Å². The van der Waals surface area contributed by atoms with Crippen LogP contribution in [0.1, 0.15) is 0 Å². The van der Waals surface area contributed by atoms with Crippen LogP contribution in [0, 0.1) is 5.82 Å². The van der Waals surface area contributed by atoms with Crippen LogP contribution in [0.3, 0.4) is 0 Å². The van der Waals surface area contributed by atoms with E-state index in [1.807, 2.05) is 0 Å². The van der Waals surface area contributed by atoms with Crippen molar-refractivity contribution in [3.05, 3.63) is 30.1 Å². The summed E-state index contributed by atoms with van der Waals surface area (Å²) in [6.45, 7) is 0. The first-order chi connectivity index (χ1) is 7.70. The minimum Gasteiger partial charge on any atom is -0.369 e. The molecule has 1 heterocycles. The van der Waals surface area contributed by atoms with Crippen LogP contribution in [0.2, 0.25) is 0 Å². The van der Waals surface area contributed by atoms with Crippen molar-refractivity contribution in [1.82, 2.24) is 0 Å². The number of anilines is 1. The number of rotatable bonds is 3. The largest absolute Gasteiger partial charge is 0.369 e. The highest BCUT2D eigenvalue weighted by molar-refractivity contribution is 6.10. The van der Waals surface area contributed by atoms with E-state index in [2.05, 4.69) is 0 Å². The molecule has 1 aliphatic heterocycles. The molecule has 0 spiro atoms. The fourth-order valence-electron chi connectivity index (χ4n) is 1.78. The molecule has 0 aromatic heterocycles. The lowest BCUT2D eigenvalue weighted by molar-refractivity contribution is -0.142. The molecule has 0 aliphatic carbocycles. The molecule has 2 rings (SSSR count). The van der Waals surface area contributed by atoms with E-state index in [1.165, 1.54) is 25.3 Å². The Kier molecular flexibility index (Phi) is 2.70. The van der Waals surface area contributed by atoms with Gasteiger partial charge in [-0.3, -0.25) is 9.69 Å². The van der Waals surface area contributed by atoms with Gasteiger partial charge in [-0.2, -0.15) is 0 Å². The van der Waals surface area contributed by atoms with Gasteiger partial charge in [-0.05, 0) is 12.1 Å². The van der Waals surface area contributed by atoms with Crippen molar-refractivity contribution in [2.45, 2.75) is 12.1 Å². The number of carbonyl (C=O) groups excluding carboxylic acids is 2. The summed E-state index contributed by atoms with van der Waals surface area (Å²) in [4.78, 5) is 23.5. The molecule has 2 atom stereocenters. The molecule has 4 nitrogen and oxygen atoms in total. The summed E-state index contributed by atoms with van der Waals surface area (Å²) >= 11 is 0. The second-order valence-corrected chi connectivity index (χ2v) is 3.44. The van der Waals surface area contributed by atoms with Crippen molar-refractivity contribution >= 4 is 17.9 Å². The third kappa shape index (κ3) is 1.40. The van der Waals surface area contributed by atoms with Crippen molar-refractivity contribution in [3.63, 3.8) is 0 Å². The zero-order valence-electron chi connectivity index (χ0n) is 8.59. The molecule has 0 N–H and O–H groups in total. The molecule has 1 saturated heterocycles. The fraction of sp³-hybridized carbons (Fsp3) is 0.273. The van der Waals surface area contributed by atoms with E-state index in [1.54, 1.807) is 6.07 Å². The maximum atomic E-state index is 13.4. The average molecular weight is 223 g/mol. The molecule has 0 unspecified atom stereocenters. The molecule has 16 heavy (non-hydrogen) atoms. The number of hydrogen-bond donors (Lipinski definition) is 0. The van der Waals surface area contributed by atoms with Crippen LogP contribution in [-0.2, 0) is 14.3 Å². The van der Waals surface area contributed by atoms with Crippen LogP contribution in [0.4, 0.5) is 10.1 Å². The lowest BCUT2D eigenvalue weighted by Crippen LogP contribution is -2.66. The molecular formula is C11H10FNO3. The summed E-state index contributed by atoms with van der Waals surface area (Å²) in [7, 11) is 1.34. The molecule has 1 fully saturated rings. The van der Waals surface area contributed by atoms with Crippen LogP contribution in [0.15, 0.2) is 24.3 Å². The molecule has 1 aromatic rings. The zero-order valence-corrected chi connectivity index (χ0v) is 8.59. The van der Waals surface area contributed by atoms with Crippen molar-refractivity contribution in [3.8, 4) is 0 Å². The summed E-state index contributed by atoms with van der Waals surface area (Å²) in [5, 5.41) is 0. The summed E-state index contributed by atoms with van der Waals surface area (Å²) in [6.07, 6.45) is -0.209. The number of para-hydroxylation sites is 1. The first-order valence-electron chi connectivity index (χ1n) is 4.76. The van der Waals surface area contributed by atoms with E-state index in [0.29, 0.717) is 6.29 Å². The molecule has 0 saturated carbocycles. The van der Waals surface area contributed by atoms with Gasteiger partial charge < -0.3 is 9.53 Å². The normalized spacial score (nSPS) is 24.1. The first kappa shape index (κ1) is 10.8. The van der Waals surface area contributed by atoms with Crippen molar-refractivity contribution in [2.24, 2.45) is 0 Å². The van der Waals surface area contributed by atoms with Crippen molar-refractivity contribution in [1.29, 1.82) is 0 Å². The second kappa shape index (κ2) is 4.02. The second-order valence-electron chi connectivity index (χ2n) is 3.44. The number of benzene rings is 1. The van der Waals surface area contributed by atoms with Gasteiger partial charge in [0.25, 0.3) is 5.91 Å². The van der Waals surface area contributed by atoms with E-state index >= 15 is 0 Å². The van der Waals surface area contributed by atoms with Gasteiger partial charge in [-0.25, -0.2) is 4.39 Å². The smallest absolute Gasteiger partial charge is 0.259 e. The van der Waals surface area contributed by atoms with E-state index in [0.717, 1.165) is 4.90 Å². The van der Waals surface area contributed by atoms with Crippen LogP contribution in [0.25, 0.3) is 0 Å². The maximum absolute atomic E-state index is 13.4. The number of β-lactam (4-membered cyclic amide) rings is 1. The highest BCUT2D eigenvalue weighted by atomic mass is 19.1. The Morgan fingerprint density at radius 3 is 2.69 bits per heavy atom. The van der Waals surface area contributed by atoms with Crippen LogP contribution in [0.5, 0.6) is 0 Å². The third-order valence-corrected chi connectivity index (χ3v) is 2.59. The minimum absolute atomic E-state index is 0.109. The maximum Gasteiger partial charge on any atom is 0.259 e. The summed E-state index contributed by atoms with van der Waals surface area (Å²) in [5.74, 6) is -0.929. The van der Waals surface area contributed by atoms with Gasteiger partial charge in [0.15, 0.2) is 6.10 Å². The van der Waals surface area contributed by atoms with Crippen LogP contribution in [-0.4, -0.2) is 31.4 Å². The molecule has 0 bridgehead atoms. The molecule has 1 aromatic carbocycles. The standard InChI is InChI=1S/C11H10FNO3/c1-16-10-9(6-14)13(11(10)15)8-5-3-2-4-7(8)12/h2-6,9-10H,1H3/t9-,10-/m0/s1. The molecule has 1 amide bonds. The summed E-state index contributed by atoms with van der Waals surface area (Å²) in [5.41, 5.74) is 0.109. The quantitative estimate of drug-likeness (QED) is 0.561. The lowest BCUT2D eigenvalue weighted by atomic mass is 9.98. The highest BCUT2D eigenvalue weighted by Crippen LogP contribution is 2.30. The predicted octanol–water partition coefficient (Wildman–Crippen LogP) is 0.755. The lowest BCUT2D eigenvalue weighted by Gasteiger charge is -2.42. The van der Waals surface area contributed by atoms with Gasteiger partial charge >= 0.3 is 0 Å².